The van der Waals surface area contributed by atoms with Crippen LogP contribution in [0.4, 0.5) is 0 Å². The summed E-state index contributed by atoms with van der Waals surface area (Å²) in [6, 6.07) is 5.44. The lowest BCUT2D eigenvalue weighted by Gasteiger charge is -2.40. The number of aliphatic hydroxyl groups is 1. The maximum absolute atomic E-state index is 12.8. The monoisotopic (exact) mass is 370 g/mol. The predicted molar refractivity (Wildman–Crippen MR) is 96.6 cm³/mol. The quantitative estimate of drug-likeness (QED) is 0.885. The summed E-state index contributed by atoms with van der Waals surface area (Å²) < 4.78 is 0. The van der Waals surface area contributed by atoms with Crippen LogP contribution in [0.5, 0.6) is 0 Å². The lowest BCUT2D eigenvalue weighted by molar-refractivity contribution is -0.136. The lowest BCUT2D eigenvalue weighted by atomic mass is 9.97. The van der Waals surface area contributed by atoms with Crippen LogP contribution in [-0.2, 0) is 11.2 Å². The summed E-state index contributed by atoms with van der Waals surface area (Å²) in [6.07, 6.45) is 3.81. The maximum Gasteiger partial charge on any atom is 0.227 e. The maximum atomic E-state index is 12.8. The number of piperidine rings is 1. The Kier molecular flexibility index (Phi) is 6.03. The molecule has 0 aromatic heterocycles. The number of nitrogens with zero attached hydrogens (tertiary/aromatic N) is 2. The third-order valence-corrected chi connectivity index (χ3v) is 5.75. The fourth-order valence-electron chi connectivity index (χ4n) is 3.72. The SMILES string of the molecule is O=C(Cc1ccc(Cl)c(Cl)c1)N1CC[C@@H](O)C[C@H]1CN1CCCC1. The third kappa shape index (κ3) is 4.42. The van der Waals surface area contributed by atoms with E-state index in [0.29, 0.717) is 35.9 Å². The van der Waals surface area contributed by atoms with Crippen molar-refractivity contribution in [1.82, 2.24) is 9.80 Å². The molecule has 2 heterocycles. The lowest BCUT2D eigenvalue weighted by Crippen LogP contribution is -2.52. The Hall–Kier alpha value is -0.810. The van der Waals surface area contributed by atoms with Crippen molar-refractivity contribution in [2.24, 2.45) is 0 Å². The highest BCUT2D eigenvalue weighted by atomic mass is 35.5. The fourth-order valence-corrected chi connectivity index (χ4v) is 4.04. The van der Waals surface area contributed by atoms with Crippen LogP contribution >= 0.6 is 23.2 Å². The number of hydrogen-bond donors (Lipinski definition) is 1. The molecule has 0 aliphatic carbocycles. The van der Waals surface area contributed by atoms with E-state index in [1.807, 2.05) is 11.0 Å². The molecule has 0 bridgehead atoms. The van der Waals surface area contributed by atoms with Gasteiger partial charge in [0.05, 0.1) is 22.6 Å². The fraction of sp³-hybridized carbons (Fsp3) is 0.611. The molecule has 2 saturated heterocycles. The molecule has 6 heteroatoms. The van der Waals surface area contributed by atoms with Crippen molar-refractivity contribution < 1.29 is 9.90 Å². The second-order valence-corrected chi connectivity index (χ2v) is 7.67. The number of aliphatic hydroxyl groups excluding tert-OH is 1. The molecule has 0 unspecified atom stereocenters. The number of hydrogen-bond acceptors (Lipinski definition) is 3. The molecule has 24 heavy (non-hydrogen) atoms. The number of halogens is 2. The van der Waals surface area contributed by atoms with Crippen LogP contribution in [0.1, 0.15) is 31.2 Å². The number of carbonyl (C=O) groups excluding carboxylic acids is 1. The summed E-state index contributed by atoms with van der Waals surface area (Å²) in [4.78, 5) is 17.2. The molecule has 2 fully saturated rings. The van der Waals surface area contributed by atoms with Crippen LogP contribution in [0, 0.1) is 0 Å². The molecule has 2 atom stereocenters. The molecule has 0 spiro atoms. The van der Waals surface area contributed by atoms with Gasteiger partial charge >= 0.3 is 0 Å². The van der Waals surface area contributed by atoms with Gasteiger partial charge in [0.25, 0.3) is 0 Å². The van der Waals surface area contributed by atoms with Crippen molar-refractivity contribution in [2.75, 3.05) is 26.2 Å². The molecular formula is C18H24Cl2N2O2. The minimum atomic E-state index is -0.299. The van der Waals surface area contributed by atoms with Gasteiger partial charge in [-0.2, -0.15) is 0 Å². The Morgan fingerprint density at radius 2 is 1.92 bits per heavy atom. The van der Waals surface area contributed by atoms with E-state index in [1.54, 1.807) is 12.1 Å². The van der Waals surface area contributed by atoms with Gasteiger partial charge in [-0.15, -0.1) is 0 Å². The summed E-state index contributed by atoms with van der Waals surface area (Å²) in [7, 11) is 0. The van der Waals surface area contributed by atoms with E-state index in [2.05, 4.69) is 4.90 Å². The average Bonchev–Trinajstić information content (AvgIpc) is 3.04. The van der Waals surface area contributed by atoms with Gasteiger partial charge in [-0.1, -0.05) is 29.3 Å². The molecule has 0 radical (unpaired) electrons. The topological polar surface area (TPSA) is 43.8 Å². The first-order chi connectivity index (χ1) is 11.5. The van der Waals surface area contributed by atoms with Gasteiger partial charge in [0.2, 0.25) is 5.91 Å². The summed E-state index contributed by atoms with van der Waals surface area (Å²) in [5.74, 6) is 0.101. The zero-order valence-corrected chi connectivity index (χ0v) is 15.3. The zero-order valence-electron chi connectivity index (χ0n) is 13.8. The van der Waals surface area contributed by atoms with Gasteiger partial charge in [-0.3, -0.25) is 4.79 Å². The van der Waals surface area contributed by atoms with E-state index < -0.39 is 0 Å². The number of carbonyl (C=O) groups is 1. The van der Waals surface area contributed by atoms with Crippen molar-refractivity contribution in [3.63, 3.8) is 0 Å². The van der Waals surface area contributed by atoms with Crippen LogP contribution < -0.4 is 0 Å². The van der Waals surface area contributed by atoms with Gasteiger partial charge in [0, 0.05) is 19.1 Å². The van der Waals surface area contributed by atoms with E-state index in [9.17, 15) is 9.90 Å². The smallest absolute Gasteiger partial charge is 0.227 e. The number of rotatable bonds is 4. The Morgan fingerprint density at radius 3 is 2.62 bits per heavy atom. The summed E-state index contributed by atoms with van der Waals surface area (Å²) in [5.41, 5.74) is 0.875. The Balaban J connectivity index is 1.66. The van der Waals surface area contributed by atoms with Crippen molar-refractivity contribution in [3.8, 4) is 0 Å². The van der Waals surface area contributed by atoms with Crippen molar-refractivity contribution in [1.29, 1.82) is 0 Å². The van der Waals surface area contributed by atoms with E-state index in [1.165, 1.54) is 12.8 Å². The molecule has 1 N–H and O–H groups in total. The first-order valence-corrected chi connectivity index (χ1v) is 9.42. The first-order valence-electron chi connectivity index (χ1n) is 8.67. The van der Waals surface area contributed by atoms with E-state index >= 15 is 0 Å². The minimum absolute atomic E-state index is 0.0992. The first kappa shape index (κ1) is 18.0. The highest BCUT2D eigenvalue weighted by Crippen LogP contribution is 2.25. The number of likely N-dealkylation sites (tertiary alicyclic amines) is 2. The molecular weight excluding hydrogens is 347 g/mol. The summed E-state index contributed by atoms with van der Waals surface area (Å²) >= 11 is 12.0. The molecule has 4 nitrogen and oxygen atoms in total. The van der Waals surface area contributed by atoms with Gasteiger partial charge in [-0.25, -0.2) is 0 Å². The molecule has 2 aliphatic rings. The Morgan fingerprint density at radius 1 is 1.17 bits per heavy atom. The molecule has 132 valence electrons. The highest BCUT2D eigenvalue weighted by Gasteiger charge is 2.32. The Bertz CT molecular complexity index is 590. The van der Waals surface area contributed by atoms with Crippen molar-refractivity contribution >= 4 is 29.1 Å². The molecule has 3 rings (SSSR count). The molecule has 2 aliphatic heterocycles. The summed E-state index contributed by atoms with van der Waals surface area (Å²) in [6.45, 7) is 3.69. The van der Waals surface area contributed by atoms with Crippen molar-refractivity contribution in [2.45, 2.75) is 44.2 Å². The third-order valence-electron chi connectivity index (χ3n) is 5.02. The Labute approximate surface area is 153 Å². The standard InChI is InChI=1S/C18H24Cl2N2O2/c19-16-4-3-13(9-17(16)20)10-18(24)22-8-5-15(23)11-14(22)12-21-6-1-2-7-21/h3-4,9,14-15,23H,1-2,5-8,10-12H2/t14-,15+/m0/s1. The van der Waals surface area contributed by atoms with Crippen LogP contribution in [0.3, 0.4) is 0 Å². The second-order valence-electron chi connectivity index (χ2n) is 6.85. The van der Waals surface area contributed by atoms with Gasteiger partial charge < -0.3 is 14.9 Å². The molecule has 1 amide bonds. The van der Waals surface area contributed by atoms with E-state index in [-0.39, 0.29) is 18.1 Å². The second kappa shape index (κ2) is 8.05. The number of amides is 1. The average molecular weight is 371 g/mol. The van der Waals surface area contributed by atoms with E-state index in [4.69, 9.17) is 23.2 Å². The van der Waals surface area contributed by atoms with E-state index in [0.717, 1.165) is 25.2 Å². The van der Waals surface area contributed by atoms with Crippen LogP contribution in [0.15, 0.2) is 18.2 Å². The van der Waals surface area contributed by atoms with Crippen LogP contribution in [-0.4, -0.2) is 59.1 Å². The summed E-state index contributed by atoms with van der Waals surface area (Å²) in [5, 5.41) is 11.0. The zero-order chi connectivity index (χ0) is 17.1. The van der Waals surface area contributed by atoms with Gasteiger partial charge in [0.1, 0.15) is 0 Å². The van der Waals surface area contributed by atoms with Crippen LogP contribution in [0.2, 0.25) is 10.0 Å². The van der Waals surface area contributed by atoms with Crippen LogP contribution in [0.25, 0.3) is 0 Å². The predicted octanol–water partition coefficient (Wildman–Crippen LogP) is 2.98. The minimum Gasteiger partial charge on any atom is -0.393 e. The molecule has 1 aromatic rings. The van der Waals surface area contributed by atoms with Gasteiger partial charge in [-0.05, 0) is 56.5 Å². The van der Waals surface area contributed by atoms with Gasteiger partial charge in [0.15, 0.2) is 0 Å². The highest BCUT2D eigenvalue weighted by molar-refractivity contribution is 6.42. The largest absolute Gasteiger partial charge is 0.393 e. The molecule has 0 saturated carbocycles. The normalized spacial score (nSPS) is 25.2. The molecule has 1 aromatic carbocycles. The number of benzene rings is 1. The van der Waals surface area contributed by atoms with Crippen molar-refractivity contribution in [3.05, 3.63) is 33.8 Å².